The molecule has 0 amide bonds. The van der Waals surface area contributed by atoms with E-state index in [1.54, 1.807) is 0 Å². The van der Waals surface area contributed by atoms with Gasteiger partial charge in [-0.3, -0.25) is 0 Å². The van der Waals surface area contributed by atoms with Gasteiger partial charge in [-0.2, -0.15) is 0 Å². The van der Waals surface area contributed by atoms with Crippen molar-refractivity contribution in [1.82, 2.24) is 10.0 Å². The number of halogens is 3. The summed E-state index contributed by atoms with van der Waals surface area (Å²) in [6.45, 7) is 4.92. The third kappa shape index (κ3) is 6.79. The summed E-state index contributed by atoms with van der Waals surface area (Å²) in [6.07, 6.45) is 0.604. The van der Waals surface area contributed by atoms with Gasteiger partial charge >= 0.3 is 0 Å². The molecule has 2 unspecified atom stereocenters. The molecule has 2 atom stereocenters. The van der Waals surface area contributed by atoms with Crippen LogP contribution >= 0.6 is 12.4 Å². The Labute approximate surface area is 154 Å². The Bertz CT molecular complexity index is 659. The molecular weight excluding hydrogens is 374 g/mol. The van der Waals surface area contributed by atoms with Crippen molar-refractivity contribution in [3.63, 3.8) is 0 Å². The first-order chi connectivity index (χ1) is 11.3. The average Bonchev–Trinajstić information content (AvgIpc) is 2.49. The summed E-state index contributed by atoms with van der Waals surface area (Å²) in [6, 6.07) is 3.33. The number of benzene rings is 1. The highest BCUT2D eigenvalue weighted by molar-refractivity contribution is 7.89. The van der Waals surface area contributed by atoms with E-state index in [9.17, 15) is 17.2 Å². The quantitative estimate of drug-likeness (QED) is 0.738. The van der Waals surface area contributed by atoms with Gasteiger partial charge in [-0.15, -0.1) is 12.4 Å². The third-order valence-corrected chi connectivity index (χ3v) is 5.35. The molecule has 1 aromatic rings. The van der Waals surface area contributed by atoms with Crippen LogP contribution in [-0.4, -0.2) is 46.0 Å². The van der Waals surface area contributed by atoms with E-state index in [-0.39, 0.29) is 36.8 Å². The molecule has 0 aromatic heterocycles. The Balaban J connectivity index is 0.00000312. The van der Waals surface area contributed by atoms with E-state index in [1.807, 2.05) is 13.8 Å². The third-order valence-electron chi connectivity index (χ3n) is 3.99. The van der Waals surface area contributed by atoms with Crippen molar-refractivity contribution >= 4 is 22.4 Å². The molecule has 0 bridgehead atoms. The summed E-state index contributed by atoms with van der Waals surface area (Å²) in [5.41, 5.74) is 0.599. The molecule has 0 saturated carbocycles. The highest BCUT2D eigenvalue weighted by atomic mass is 35.5. The van der Waals surface area contributed by atoms with E-state index in [0.717, 1.165) is 12.1 Å². The first kappa shape index (κ1) is 22.2. The van der Waals surface area contributed by atoms with E-state index in [0.29, 0.717) is 25.1 Å². The number of piperidine rings is 1. The van der Waals surface area contributed by atoms with Gasteiger partial charge in [0.1, 0.15) is 0 Å². The van der Waals surface area contributed by atoms with Crippen molar-refractivity contribution in [3.05, 3.63) is 35.4 Å². The molecule has 0 spiro atoms. The van der Waals surface area contributed by atoms with Gasteiger partial charge in [0.2, 0.25) is 10.0 Å². The van der Waals surface area contributed by atoms with E-state index in [2.05, 4.69) is 10.0 Å². The van der Waals surface area contributed by atoms with Crippen molar-refractivity contribution in [2.45, 2.75) is 38.3 Å². The molecule has 1 fully saturated rings. The van der Waals surface area contributed by atoms with Crippen LogP contribution in [0, 0.1) is 11.6 Å². The minimum absolute atomic E-state index is 0. The fourth-order valence-corrected chi connectivity index (χ4v) is 3.95. The van der Waals surface area contributed by atoms with Crippen LogP contribution in [0.4, 0.5) is 8.78 Å². The number of ether oxygens (including phenoxy) is 1. The summed E-state index contributed by atoms with van der Waals surface area (Å²) < 4.78 is 59.0. The van der Waals surface area contributed by atoms with Crippen LogP contribution < -0.4 is 10.0 Å². The average molecular weight is 399 g/mol. The fraction of sp³-hybridized carbons (Fsp3) is 0.625. The van der Waals surface area contributed by atoms with Crippen molar-refractivity contribution in [1.29, 1.82) is 0 Å². The molecule has 5 nitrogen and oxygen atoms in total. The number of nitrogens with one attached hydrogen (secondary N) is 2. The smallest absolute Gasteiger partial charge is 0.214 e. The van der Waals surface area contributed by atoms with Crippen LogP contribution in [-0.2, 0) is 14.8 Å². The second-order valence-corrected chi connectivity index (χ2v) is 8.11. The van der Waals surface area contributed by atoms with Crippen LogP contribution in [0.2, 0.25) is 0 Å². The summed E-state index contributed by atoms with van der Waals surface area (Å²) in [7, 11) is -3.52. The maximum Gasteiger partial charge on any atom is 0.214 e. The SMILES string of the molecule is CC(C)OCCS(=O)(=O)NC1CNCCC1c1ccc(F)c(F)c1.Cl. The van der Waals surface area contributed by atoms with Gasteiger partial charge in [-0.1, -0.05) is 6.07 Å². The Kier molecular flexibility index (Phi) is 8.70. The Hall–Kier alpha value is -0.800. The number of hydrogen-bond acceptors (Lipinski definition) is 4. The predicted molar refractivity (Wildman–Crippen MR) is 95.6 cm³/mol. The van der Waals surface area contributed by atoms with Gasteiger partial charge in [0, 0.05) is 18.5 Å². The molecule has 0 aliphatic carbocycles. The van der Waals surface area contributed by atoms with Crippen molar-refractivity contribution in [3.8, 4) is 0 Å². The highest BCUT2D eigenvalue weighted by Gasteiger charge is 2.30. The molecule has 1 saturated heterocycles. The van der Waals surface area contributed by atoms with Crippen molar-refractivity contribution in [2.24, 2.45) is 0 Å². The zero-order valence-corrected chi connectivity index (χ0v) is 15.9. The molecule has 144 valence electrons. The fourth-order valence-electron chi connectivity index (χ4n) is 2.81. The van der Waals surface area contributed by atoms with Gasteiger partial charge in [0.25, 0.3) is 0 Å². The molecule has 1 aromatic carbocycles. The van der Waals surface area contributed by atoms with E-state index in [1.165, 1.54) is 6.07 Å². The summed E-state index contributed by atoms with van der Waals surface area (Å²) >= 11 is 0. The first-order valence-corrected chi connectivity index (χ1v) is 9.71. The molecule has 2 rings (SSSR count). The molecule has 9 heteroatoms. The van der Waals surface area contributed by atoms with Gasteiger partial charge in [0.05, 0.1) is 18.5 Å². The van der Waals surface area contributed by atoms with E-state index in [4.69, 9.17) is 4.74 Å². The highest BCUT2D eigenvalue weighted by Crippen LogP contribution is 2.27. The number of hydrogen-bond donors (Lipinski definition) is 2. The summed E-state index contributed by atoms with van der Waals surface area (Å²) in [5.74, 6) is -2.16. The van der Waals surface area contributed by atoms with Gasteiger partial charge in [-0.25, -0.2) is 21.9 Å². The van der Waals surface area contributed by atoms with Crippen LogP contribution in [0.5, 0.6) is 0 Å². The summed E-state index contributed by atoms with van der Waals surface area (Å²) in [5, 5.41) is 3.13. The van der Waals surface area contributed by atoms with E-state index < -0.39 is 27.7 Å². The Morgan fingerprint density at radius 2 is 2.04 bits per heavy atom. The van der Waals surface area contributed by atoms with Gasteiger partial charge in [0.15, 0.2) is 11.6 Å². The Morgan fingerprint density at radius 3 is 2.68 bits per heavy atom. The minimum Gasteiger partial charge on any atom is -0.378 e. The second kappa shape index (κ2) is 9.78. The minimum atomic E-state index is -3.52. The maximum atomic E-state index is 13.5. The zero-order chi connectivity index (χ0) is 17.7. The largest absolute Gasteiger partial charge is 0.378 e. The maximum absolute atomic E-state index is 13.5. The summed E-state index contributed by atoms with van der Waals surface area (Å²) in [4.78, 5) is 0. The van der Waals surface area contributed by atoms with Crippen molar-refractivity contribution in [2.75, 3.05) is 25.4 Å². The molecule has 1 heterocycles. The van der Waals surface area contributed by atoms with Crippen molar-refractivity contribution < 1.29 is 21.9 Å². The lowest BCUT2D eigenvalue weighted by atomic mass is 9.86. The first-order valence-electron chi connectivity index (χ1n) is 8.06. The molecule has 1 aliphatic rings. The van der Waals surface area contributed by atoms with E-state index >= 15 is 0 Å². The monoisotopic (exact) mass is 398 g/mol. The molecule has 0 radical (unpaired) electrons. The number of rotatable bonds is 7. The lowest BCUT2D eigenvalue weighted by Gasteiger charge is -2.33. The van der Waals surface area contributed by atoms with Crippen LogP contribution in [0.3, 0.4) is 0 Å². The molecule has 1 aliphatic heterocycles. The van der Waals surface area contributed by atoms with Crippen LogP contribution in [0.1, 0.15) is 31.7 Å². The topological polar surface area (TPSA) is 67.4 Å². The second-order valence-electron chi connectivity index (χ2n) is 6.24. The lowest BCUT2D eigenvalue weighted by molar-refractivity contribution is 0.0911. The zero-order valence-electron chi connectivity index (χ0n) is 14.3. The predicted octanol–water partition coefficient (Wildman–Crippen LogP) is 2.18. The van der Waals surface area contributed by atoms with Gasteiger partial charge in [-0.05, 0) is 44.5 Å². The van der Waals surface area contributed by atoms with Crippen LogP contribution in [0.25, 0.3) is 0 Å². The molecule has 25 heavy (non-hydrogen) atoms. The molecular formula is C16H25ClF2N2O3S. The Morgan fingerprint density at radius 1 is 1.32 bits per heavy atom. The van der Waals surface area contributed by atoms with Gasteiger partial charge < -0.3 is 10.1 Å². The number of sulfonamides is 1. The van der Waals surface area contributed by atoms with Crippen LogP contribution in [0.15, 0.2) is 18.2 Å². The standard InChI is InChI=1S/C16H24F2N2O3S.ClH/c1-11(2)23-7-8-24(21,22)20-16-10-19-6-5-13(16)12-3-4-14(17)15(18)9-12;/h3-4,9,11,13,16,19-20H,5-8,10H2,1-2H3;1H. The lowest BCUT2D eigenvalue weighted by Crippen LogP contribution is -2.50. The normalized spacial score (nSPS) is 21.2. The molecule has 2 N–H and O–H groups in total.